The molecule has 0 amide bonds. The molecule has 144 valence electrons. The molecule has 0 fully saturated rings. The van der Waals surface area contributed by atoms with Crippen LogP contribution in [0.4, 0.5) is 0 Å². The minimum atomic E-state index is 0.437. The van der Waals surface area contributed by atoms with Crippen LogP contribution in [0.5, 0.6) is 0 Å². The summed E-state index contributed by atoms with van der Waals surface area (Å²) in [5, 5.41) is 0. The molecule has 0 aliphatic heterocycles. The lowest BCUT2D eigenvalue weighted by atomic mass is 9.71. The Morgan fingerprint density at radius 3 is 0.739 bits per heavy atom. The molecule has 0 N–H and O–H groups in total. The average Bonchev–Trinajstić information content (AvgIpc) is 2.09. The summed E-state index contributed by atoms with van der Waals surface area (Å²) in [4.78, 5) is 0. The summed E-state index contributed by atoms with van der Waals surface area (Å²) in [5.41, 5.74) is 1.90. The van der Waals surface area contributed by atoms with Crippen LogP contribution >= 0.6 is 0 Å². The van der Waals surface area contributed by atoms with Crippen molar-refractivity contribution in [3.05, 3.63) is 0 Å². The topological polar surface area (TPSA) is 0 Å². The van der Waals surface area contributed by atoms with Crippen LogP contribution < -0.4 is 0 Å². The van der Waals surface area contributed by atoms with Gasteiger partial charge < -0.3 is 0 Å². The van der Waals surface area contributed by atoms with Crippen molar-refractivity contribution in [3.8, 4) is 0 Å². The van der Waals surface area contributed by atoms with Gasteiger partial charge in [-0.3, -0.25) is 0 Å². The minimum absolute atomic E-state index is 0.437. The first-order valence-corrected chi connectivity index (χ1v) is 9.61. The van der Waals surface area contributed by atoms with Gasteiger partial charge in [0.1, 0.15) is 0 Å². The molecule has 0 aromatic heterocycles. The van der Waals surface area contributed by atoms with Crippen molar-refractivity contribution < 1.29 is 0 Å². The first-order chi connectivity index (χ1) is 9.61. The van der Waals surface area contributed by atoms with Crippen molar-refractivity contribution in [2.45, 2.75) is 117 Å². The summed E-state index contributed by atoms with van der Waals surface area (Å²) < 4.78 is 0. The molecule has 0 unspecified atom stereocenters. The van der Waals surface area contributed by atoms with E-state index < -0.39 is 0 Å². The Morgan fingerprint density at radius 1 is 0.522 bits per heavy atom. The normalized spacial score (nSPS) is 13.3. The molecule has 23 heavy (non-hydrogen) atoms. The molecule has 0 rings (SSSR count). The molecular formula is C23H52. The Kier molecular flexibility index (Phi) is 12.2. The van der Waals surface area contributed by atoms with Crippen LogP contribution in [0.15, 0.2) is 0 Å². The molecule has 0 aromatic carbocycles. The van der Waals surface area contributed by atoms with Crippen LogP contribution in [0.3, 0.4) is 0 Å². The Balaban J connectivity index is -0.000000262. The Morgan fingerprint density at radius 2 is 0.739 bits per heavy atom. The Labute approximate surface area is 151 Å². The van der Waals surface area contributed by atoms with Gasteiger partial charge >= 0.3 is 0 Å². The summed E-state index contributed by atoms with van der Waals surface area (Å²) in [6.07, 6.45) is 1.33. The predicted molar refractivity (Wildman–Crippen MR) is 112 cm³/mol. The molecule has 0 saturated heterocycles. The van der Waals surface area contributed by atoms with Gasteiger partial charge in [0, 0.05) is 0 Å². The fourth-order valence-electron chi connectivity index (χ4n) is 1.22. The van der Waals surface area contributed by atoms with E-state index in [0.717, 1.165) is 11.8 Å². The summed E-state index contributed by atoms with van der Waals surface area (Å²) in [6, 6.07) is 0. The van der Waals surface area contributed by atoms with Gasteiger partial charge in [-0.15, -0.1) is 0 Å². The smallest absolute Gasteiger partial charge is 0.0334 e. The molecule has 0 bridgehead atoms. The van der Waals surface area contributed by atoms with Gasteiger partial charge in [-0.25, -0.2) is 0 Å². The van der Waals surface area contributed by atoms with Gasteiger partial charge in [0.15, 0.2) is 0 Å². The molecule has 0 spiro atoms. The molecule has 0 heteroatoms. The Bertz CT molecular complexity index is 253. The minimum Gasteiger partial charge on any atom is -0.0628 e. The molecular weight excluding hydrogens is 276 g/mol. The van der Waals surface area contributed by atoms with Crippen molar-refractivity contribution >= 4 is 0 Å². The van der Waals surface area contributed by atoms with E-state index in [1.807, 2.05) is 0 Å². The van der Waals surface area contributed by atoms with Crippen molar-refractivity contribution in [1.82, 2.24) is 0 Å². The zero-order valence-electron chi connectivity index (χ0n) is 19.9. The summed E-state index contributed by atoms with van der Waals surface area (Å²) in [6.45, 7) is 36.3. The highest BCUT2D eigenvalue weighted by Gasteiger charge is 2.26. The van der Waals surface area contributed by atoms with Crippen molar-refractivity contribution in [1.29, 1.82) is 0 Å². The van der Waals surface area contributed by atoms with Crippen LogP contribution in [0.2, 0.25) is 0 Å². The monoisotopic (exact) mass is 328 g/mol. The van der Waals surface area contributed by atoms with Crippen molar-refractivity contribution in [3.63, 3.8) is 0 Å². The van der Waals surface area contributed by atoms with E-state index in [2.05, 4.69) is 111 Å². The molecule has 0 heterocycles. The molecule has 0 nitrogen and oxygen atoms in total. The molecule has 0 aliphatic carbocycles. The van der Waals surface area contributed by atoms with E-state index in [0.29, 0.717) is 21.7 Å². The predicted octanol–water partition coefficient (Wildman–Crippen LogP) is 8.85. The van der Waals surface area contributed by atoms with E-state index in [9.17, 15) is 0 Å². The molecule has 0 aromatic rings. The van der Waals surface area contributed by atoms with E-state index in [1.54, 1.807) is 0 Å². The standard InChI is InChI=1S/2C8H18.C7H16/c1-7(2)6-8(3,4)5;1-7(2,3)8(4,5)6;1-6(2)7(3,4)5/h7H,6H2,1-5H3;1-6H3;6H,1-5H3. The number of rotatable bonds is 1. The van der Waals surface area contributed by atoms with Gasteiger partial charge in [-0.1, -0.05) is 111 Å². The largest absolute Gasteiger partial charge is 0.0628 e. The lowest BCUT2D eigenvalue weighted by molar-refractivity contribution is 0.157. The SMILES string of the molecule is CC(C)(C)C(C)(C)C.CC(C)C(C)(C)C.CC(C)CC(C)(C)C. The maximum Gasteiger partial charge on any atom is -0.0334 e. The zero-order valence-corrected chi connectivity index (χ0v) is 19.9. The van der Waals surface area contributed by atoms with E-state index in [4.69, 9.17) is 0 Å². The van der Waals surface area contributed by atoms with Crippen LogP contribution in [-0.2, 0) is 0 Å². The van der Waals surface area contributed by atoms with Gasteiger partial charge in [0.2, 0.25) is 0 Å². The van der Waals surface area contributed by atoms with Gasteiger partial charge in [-0.2, -0.15) is 0 Å². The second kappa shape index (κ2) is 10.1. The van der Waals surface area contributed by atoms with Gasteiger partial charge in [0.05, 0.1) is 0 Å². The molecule has 0 saturated carbocycles. The van der Waals surface area contributed by atoms with Crippen molar-refractivity contribution in [2.75, 3.05) is 0 Å². The van der Waals surface area contributed by atoms with Gasteiger partial charge in [-0.05, 0) is 39.9 Å². The Hall–Kier alpha value is 0. The molecule has 0 atom stereocenters. The molecule has 0 aliphatic rings. The second-order valence-electron chi connectivity index (χ2n) is 12.2. The first-order valence-electron chi connectivity index (χ1n) is 9.61. The summed E-state index contributed by atoms with van der Waals surface area (Å²) in [7, 11) is 0. The molecule has 0 radical (unpaired) electrons. The lowest BCUT2D eigenvalue weighted by Crippen LogP contribution is -2.25. The quantitative estimate of drug-likeness (QED) is 0.451. The maximum atomic E-state index is 2.28. The third kappa shape index (κ3) is 22.0. The summed E-state index contributed by atoms with van der Waals surface area (Å²) in [5.74, 6) is 1.64. The third-order valence-corrected chi connectivity index (χ3v) is 5.00. The van der Waals surface area contributed by atoms with E-state index in [-0.39, 0.29) is 0 Å². The maximum absolute atomic E-state index is 2.28. The van der Waals surface area contributed by atoms with E-state index >= 15 is 0 Å². The highest BCUT2D eigenvalue weighted by atomic mass is 14.3. The lowest BCUT2D eigenvalue weighted by Gasteiger charge is -2.34. The van der Waals surface area contributed by atoms with Crippen LogP contribution in [-0.4, -0.2) is 0 Å². The van der Waals surface area contributed by atoms with Gasteiger partial charge in [0.25, 0.3) is 0 Å². The average molecular weight is 329 g/mol. The van der Waals surface area contributed by atoms with Crippen LogP contribution in [0, 0.1) is 33.5 Å². The highest BCUT2D eigenvalue weighted by molar-refractivity contribution is 4.77. The van der Waals surface area contributed by atoms with Crippen LogP contribution in [0.1, 0.15) is 117 Å². The fourth-order valence-corrected chi connectivity index (χ4v) is 1.22. The second-order valence-corrected chi connectivity index (χ2v) is 12.2. The first kappa shape index (κ1) is 27.8. The number of hydrogen-bond acceptors (Lipinski definition) is 0. The zero-order chi connectivity index (χ0) is 19.9. The number of hydrogen-bond donors (Lipinski definition) is 0. The van der Waals surface area contributed by atoms with E-state index in [1.165, 1.54) is 6.42 Å². The van der Waals surface area contributed by atoms with Crippen LogP contribution in [0.25, 0.3) is 0 Å². The highest BCUT2D eigenvalue weighted by Crippen LogP contribution is 2.36. The fraction of sp³-hybridized carbons (Fsp3) is 1.00. The third-order valence-electron chi connectivity index (χ3n) is 5.00. The van der Waals surface area contributed by atoms with Crippen molar-refractivity contribution in [2.24, 2.45) is 33.5 Å². The summed E-state index contributed by atoms with van der Waals surface area (Å²) >= 11 is 0.